The van der Waals surface area contributed by atoms with E-state index < -0.39 is 20.9 Å². The van der Waals surface area contributed by atoms with Gasteiger partial charge in [0, 0.05) is 0 Å². The summed E-state index contributed by atoms with van der Waals surface area (Å²) in [6.45, 7) is 0. The van der Waals surface area contributed by atoms with Crippen molar-refractivity contribution in [1.29, 1.82) is 0 Å². The lowest BCUT2D eigenvalue weighted by atomic mass is 10.5. The molecule has 5 nitrogen and oxygen atoms in total. The molecule has 2 N–H and O–H groups in total. The molecule has 0 amide bonds. The molecule has 1 heterocycles. The Morgan fingerprint density at radius 1 is 1.47 bits per heavy atom. The molecule has 0 saturated carbocycles. The molecule has 0 spiro atoms. The molecule has 0 bridgehead atoms. The van der Waals surface area contributed by atoms with E-state index in [0.29, 0.717) is 11.3 Å². The van der Waals surface area contributed by atoms with Gasteiger partial charge in [0.25, 0.3) is 0 Å². The molecule has 0 radical (unpaired) electrons. The van der Waals surface area contributed by atoms with E-state index >= 15 is 0 Å². The minimum absolute atomic E-state index is 0.0268. The van der Waals surface area contributed by atoms with E-state index in [1.807, 2.05) is 0 Å². The summed E-state index contributed by atoms with van der Waals surface area (Å²) in [4.78, 5) is 10.5. The lowest BCUT2D eigenvalue weighted by Gasteiger charge is -1.99. The van der Waals surface area contributed by atoms with Crippen molar-refractivity contribution in [3.63, 3.8) is 0 Å². The highest BCUT2D eigenvalue weighted by Crippen LogP contribution is 2.39. The lowest BCUT2D eigenvalue weighted by molar-refractivity contribution is 0.0602. The van der Waals surface area contributed by atoms with Crippen molar-refractivity contribution in [2.24, 2.45) is 5.14 Å². The van der Waals surface area contributed by atoms with Crippen molar-refractivity contribution in [2.75, 3.05) is 7.11 Å². The second-order valence-electron chi connectivity index (χ2n) is 2.38. The van der Waals surface area contributed by atoms with Crippen LogP contribution in [0.2, 0.25) is 9.36 Å². The first-order valence-corrected chi connectivity index (χ1v) is 6.49. The summed E-state index contributed by atoms with van der Waals surface area (Å²) in [5.74, 6) is -0.849. The van der Waals surface area contributed by atoms with E-state index in [-0.39, 0.29) is 14.2 Å². The summed E-state index contributed by atoms with van der Waals surface area (Å²) in [5.41, 5.74) is 0. The molecule has 0 atom stereocenters. The topological polar surface area (TPSA) is 86.5 Å². The van der Waals surface area contributed by atoms with Crippen molar-refractivity contribution >= 4 is 50.5 Å². The van der Waals surface area contributed by atoms with Crippen molar-refractivity contribution in [3.05, 3.63) is 14.2 Å². The molecule has 0 aromatic carbocycles. The predicted octanol–water partition coefficient (Wildman–Crippen LogP) is 1.49. The van der Waals surface area contributed by atoms with Crippen LogP contribution in [0, 0.1) is 0 Å². The van der Waals surface area contributed by atoms with Gasteiger partial charge in [-0.2, -0.15) is 0 Å². The third kappa shape index (κ3) is 2.43. The van der Waals surface area contributed by atoms with Gasteiger partial charge in [-0.25, -0.2) is 18.4 Å². The van der Waals surface area contributed by atoms with Crippen LogP contribution in [-0.2, 0) is 14.8 Å². The highest BCUT2D eigenvalue weighted by molar-refractivity contribution is 7.89. The molecule has 0 aliphatic heterocycles. The normalized spacial score (nSPS) is 11.5. The molecule has 15 heavy (non-hydrogen) atoms. The van der Waals surface area contributed by atoms with Gasteiger partial charge in [-0.1, -0.05) is 23.2 Å². The summed E-state index contributed by atoms with van der Waals surface area (Å²) >= 11 is 11.9. The number of ether oxygens (including phenoxy) is 1. The van der Waals surface area contributed by atoms with Crippen LogP contribution < -0.4 is 5.14 Å². The molecule has 1 aromatic rings. The zero-order chi connectivity index (χ0) is 11.8. The molecule has 0 unspecified atom stereocenters. The summed E-state index contributed by atoms with van der Waals surface area (Å²) < 4.78 is 26.6. The van der Waals surface area contributed by atoms with Crippen LogP contribution >= 0.6 is 34.5 Å². The van der Waals surface area contributed by atoms with E-state index in [0.717, 1.165) is 7.11 Å². The van der Waals surface area contributed by atoms with Gasteiger partial charge < -0.3 is 4.74 Å². The molecule has 84 valence electrons. The zero-order valence-corrected chi connectivity index (χ0v) is 10.4. The van der Waals surface area contributed by atoms with Gasteiger partial charge in [0.15, 0.2) is 0 Å². The maximum absolute atomic E-state index is 11.2. The van der Waals surface area contributed by atoms with E-state index in [4.69, 9.17) is 28.3 Å². The van der Waals surface area contributed by atoms with E-state index in [1.54, 1.807) is 0 Å². The van der Waals surface area contributed by atoms with Crippen molar-refractivity contribution < 1.29 is 17.9 Å². The number of primary sulfonamides is 1. The molecule has 0 aliphatic carbocycles. The Kier molecular flexibility index (Phi) is 3.62. The molecule has 1 rings (SSSR count). The van der Waals surface area contributed by atoms with Gasteiger partial charge in [-0.05, 0) is 0 Å². The standard InChI is InChI=1S/C6H5Cl2NO4S2/c1-13-6(10)3-4(15(9,11)12)2(7)5(8)14-3/h1H3,(H2,9,11,12). The smallest absolute Gasteiger partial charge is 0.349 e. The molecule has 0 saturated heterocycles. The quantitative estimate of drug-likeness (QED) is 0.836. The number of sulfonamides is 1. The Morgan fingerprint density at radius 2 is 2.00 bits per heavy atom. The maximum Gasteiger partial charge on any atom is 0.349 e. The van der Waals surface area contributed by atoms with E-state index in [2.05, 4.69) is 4.74 Å². The monoisotopic (exact) mass is 289 g/mol. The number of halogens is 2. The van der Waals surface area contributed by atoms with E-state index in [1.165, 1.54) is 0 Å². The zero-order valence-electron chi connectivity index (χ0n) is 7.28. The Labute approximate surface area is 99.8 Å². The van der Waals surface area contributed by atoms with Gasteiger partial charge in [-0.3, -0.25) is 0 Å². The number of esters is 1. The van der Waals surface area contributed by atoms with Gasteiger partial charge in [-0.15, -0.1) is 11.3 Å². The highest BCUT2D eigenvalue weighted by Gasteiger charge is 2.28. The predicted molar refractivity (Wildman–Crippen MR) is 57.1 cm³/mol. The summed E-state index contributed by atoms with van der Waals surface area (Å²) in [7, 11) is -3.00. The van der Waals surface area contributed by atoms with Gasteiger partial charge in [0.2, 0.25) is 10.0 Å². The van der Waals surface area contributed by atoms with Gasteiger partial charge in [0.1, 0.15) is 14.1 Å². The molecular formula is C6H5Cl2NO4S2. The Morgan fingerprint density at radius 3 is 2.40 bits per heavy atom. The van der Waals surface area contributed by atoms with E-state index in [9.17, 15) is 13.2 Å². The largest absolute Gasteiger partial charge is 0.465 e. The van der Waals surface area contributed by atoms with Crippen LogP contribution in [0.25, 0.3) is 0 Å². The van der Waals surface area contributed by atoms with Crippen LogP contribution in [0.4, 0.5) is 0 Å². The molecule has 0 fully saturated rings. The first-order chi connectivity index (χ1) is 6.79. The fraction of sp³-hybridized carbons (Fsp3) is 0.167. The van der Waals surface area contributed by atoms with Crippen LogP contribution in [0.1, 0.15) is 9.67 Å². The average Bonchev–Trinajstić information content (AvgIpc) is 2.41. The number of nitrogens with two attached hydrogens (primary N) is 1. The third-order valence-corrected chi connectivity index (χ3v) is 4.61. The maximum atomic E-state index is 11.2. The number of carbonyl (C=O) groups excluding carboxylic acids is 1. The van der Waals surface area contributed by atoms with Crippen molar-refractivity contribution in [2.45, 2.75) is 4.90 Å². The fourth-order valence-corrected chi connectivity index (χ4v) is 3.79. The van der Waals surface area contributed by atoms with Crippen LogP contribution in [-0.4, -0.2) is 21.5 Å². The van der Waals surface area contributed by atoms with Crippen LogP contribution in [0.3, 0.4) is 0 Å². The molecular weight excluding hydrogens is 285 g/mol. The first-order valence-electron chi connectivity index (χ1n) is 3.38. The molecule has 0 aliphatic rings. The number of carbonyl (C=O) groups is 1. The minimum atomic E-state index is -4.11. The van der Waals surface area contributed by atoms with Crippen molar-refractivity contribution in [3.8, 4) is 0 Å². The Balaban J connectivity index is 3.55. The molecule has 1 aromatic heterocycles. The minimum Gasteiger partial charge on any atom is -0.465 e. The Hall–Kier alpha value is -0.340. The third-order valence-electron chi connectivity index (χ3n) is 1.43. The number of methoxy groups -OCH3 is 1. The SMILES string of the molecule is COC(=O)c1sc(Cl)c(Cl)c1S(N)(=O)=O. The lowest BCUT2D eigenvalue weighted by Crippen LogP contribution is -2.15. The second kappa shape index (κ2) is 4.26. The van der Waals surface area contributed by atoms with Gasteiger partial charge in [0.05, 0.1) is 12.1 Å². The number of hydrogen-bond donors (Lipinski definition) is 1. The molecule has 9 heteroatoms. The number of hydrogen-bond acceptors (Lipinski definition) is 5. The summed E-state index contributed by atoms with van der Waals surface area (Å²) in [5, 5.41) is 4.63. The Bertz CT molecular complexity index is 507. The highest BCUT2D eigenvalue weighted by atomic mass is 35.5. The second-order valence-corrected chi connectivity index (χ2v) is 5.88. The van der Waals surface area contributed by atoms with Crippen molar-refractivity contribution in [1.82, 2.24) is 0 Å². The van der Waals surface area contributed by atoms with Gasteiger partial charge >= 0.3 is 5.97 Å². The summed E-state index contributed by atoms with van der Waals surface area (Å²) in [6, 6.07) is 0. The van der Waals surface area contributed by atoms with Crippen LogP contribution in [0.5, 0.6) is 0 Å². The number of rotatable bonds is 2. The average molecular weight is 290 g/mol. The fourth-order valence-electron chi connectivity index (χ4n) is 0.851. The first kappa shape index (κ1) is 12.7. The van der Waals surface area contributed by atoms with Crippen LogP contribution in [0.15, 0.2) is 4.90 Å². The number of thiophene rings is 1. The summed E-state index contributed by atoms with van der Waals surface area (Å²) in [6.07, 6.45) is 0.